The SMILES string of the molecule is O=C(CCN(Cc1cccc2ccccc12)C1CC1)N1CCC(c2nc3ccc(F)cc3[nH]2)CC1. The second-order valence-electron chi connectivity index (χ2n) is 10.0. The number of nitrogens with one attached hydrogen (secondary N) is 1. The van der Waals surface area contributed by atoms with Gasteiger partial charge in [0, 0.05) is 44.6 Å². The van der Waals surface area contributed by atoms with E-state index in [-0.39, 0.29) is 17.6 Å². The number of aromatic amines is 1. The molecular weight excluding hydrogens is 439 g/mol. The van der Waals surface area contributed by atoms with Crippen LogP contribution in [0.2, 0.25) is 0 Å². The molecule has 2 heterocycles. The van der Waals surface area contributed by atoms with Crippen molar-refractivity contribution in [2.24, 2.45) is 0 Å². The van der Waals surface area contributed by atoms with E-state index in [0.717, 1.165) is 55.9 Å². The van der Waals surface area contributed by atoms with Gasteiger partial charge in [-0.3, -0.25) is 9.69 Å². The summed E-state index contributed by atoms with van der Waals surface area (Å²) in [6.45, 7) is 3.21. The number of likely N-dealkylation sites (tertiary alicyclic amines) is 1. The maximum Gasteiger partial charge on any atom is 0.223 e. The molecule has 2 aliphatic rings. The highest BCUT2D eigenvalue weighted by atomic mass is 19.1. The van der Waals surface area contributed by atoms with Gasteiger partial charge in [-0.25, -0.2) is 9.37 Å². The van der Waals surface area contributed by atoms with Crippen molar-refractivity contribution in [2.45, 2.75) is 50.6 Å². The smallest absolute Gasteiger partial charge is 0.223 e. The maximum absolute atomic E-state index is 13.5. The van der Waals surface area contributed by atoms with Gasteiger partial charge in [0.2, 0.25) is 5.91 Å². The Morgan fingerprint density at radius 2 is 1.83 bits per heavy atom. The topological polar surface area (TPSA) is 52.2 Å². The first kappa shape index (κ1) is 22.2. The molecule has 6 rings (SSSR count). The molecule has 1 N–H and O–H groups in total. The van der Waals surface area contributed by atoms with Crippen LogP contribution in [0.1, 0.15) is 49.4 Å². The summed E-state index contributed by atoms with van der Waals surface area (Å²) in [5.74, 6) is 1.18. The summed E-state index contributed by atoms with van der Waals surface area (Å²) in [5, 5.41) is 2.58. The van der Waals surface area contributed by atoms with Crippen molar-refractivity contribution in [3.8, 4) is 0 Å². The summed E-state index contributed by atoms with van der Waals surface area (Å²) in [4.78, 5) is 25.5. The normalized spacial score (nSPS) is 17.0. The number of hydrogen-bond acceptors (Lipinski definition) is 3. The lowest BCUT2D eigenvalue weighted by Gasteiger charge is -2.32. The number of benzene rings is 3. The fourth-order valence-electron chi connectivity index (χ4n) is 5.47. The van der Waals surface area contributed by atoms with Gasteiger partial charge in [-0.05, 0) is 60.2 Å². The van der Waals surface area contributed by atoms with E-state index in [1.54, 1.807) is 6.07 Å². The summed E-state index contributed by atoms with van der Waals surface area (Å²) >= 11 is 0. The van der Waals surface area contributed by atoms with Gasteiger partial charge in [0.05, 0.1) is 11.0 Å². The number of nitrogens with zero attached hydrogens (tertiary/aromatic N) is 3. The molecule has 1 saturated carbocycles. The monoisotopic (exact) mass is 470 g/mol. The fraction of sp³-hybridized carbons (Fsp3) is 0.379. The zero-order chi connectivity index (χ0) is 23.8. The Kier molecular flexibility index (Phi) is 5.98. The van der Waals surface area contributed by atoms with E-state index in [1.807, 2.05) is 4.90 Å². The molecule has 180 valence electrons. The van der Waals surface area contributed by atoms with Gasteiger partial charge in [-0.15, -0.1) is 0 Å². The Labute approximate surface area is 204 Å². The van der Waals surface area contributed by atoms with Gasteiger partial charge in [-0.1, -0.05) is 42.5 Å². The van der Waals surface area contributed by atoms with E-state index >= 15 is 0 Å². The Balaban J connectivity index is 1.05. The van der Waals surface area contributed by atoms with Crippen LogP contribution in [-0.4, -0.2) is 51.4 Å². The molecule has 3 aromatic carbocycles. The number of rotatable bonds is 7. The van der Waals surface area contributed by atoms with Crippen LogP contribution in [0.5, 0.6) is 0 Å². The lowest BCUT2D eigenvalue weighted by atomic mass is 9.96. The van der Waals surface area contributed by atoms with Crippen molar-refractivity contribution < 1.29 is 9.18 Å². The zero-order valence-electron chi connectivity index (χ0n) is 19.9. The number of hydrogen-bond donors (Lipinski definition) is 1. The predicted octanol–water partition coefficient (Wildman–Crippen LogP) is 5.62. The molecule has 0 unspecified atom stereocenters. The largest absolute Gasteiger partial charge is 0.343 e. The second-order valence-corrected chi connectivity index (χ2v) is 10.0. The van der Waals surface area contributed by atoms with Crippen LogP contribution >= 0.6 is 0 Å². The van der Waals surface area contributed by atoms with Crippen LogP contribution < -0.4 is 0 Å². The van der Waals surface area contributed by atoms with E-state index in [9.17, 15) is 9.18 Å². The summed E-state index contributed by atoms with van der Waals surface area (Å²) < 4.78 is 13.5. The molecular formula is C29H31FN4O. The Bertz CT molecular complexity index is 1350. The lowest BCUT2D eigenvalue weighted by molar-refractivity contribution is -0.132. The lowest BCUT2D eigenvalue weighted by Crippen LogP contribution is -2.40. The average Bonchev–Trinajstić information content (AvgIpc) is 3.65. The van der Waals surface area contributed by atoms with Gasteiger partial charge < -0.3 is 9.88 Å². The predicted molar refractivity (Wildman–Crippen MR) is 137 cm³/mol. The first-order valence-electron chi connectivity index (χ1n) is 12.8. The van der Waals surface area contributed by atoms with Gasteiger partial charge in [0.1, 0.15) is 11.6 Å². The average molecular weight is 471 g/mol. The van der Waals surface area contributed by atoms with Crippen LogP contribution in [0.15, 0.2) is 60.7 Å². The van der Waals surface area contributed by atoms with E-state index in [2.05, 4.69) is 57.3 Å². The van der Waals surface area contributed by atoms with E-state index in [1.165, 1.54) is 41.3 Å². The number of imidazole rings is 1. The molecule has 1 aromatic heterocycles. The molecule has 4 aromatic rings. The third-order valence-electron chi connectivity index (χ3n) is 7.63. The van der Waals surface area contributed by atoms with E-state index in [0.29, 0.717) is 12.5 Å². The van der Waals surface area contributed by atoms with Gasteiger partial charge in [0.25, 0.3) is 0 Å². The van der Waals surface area contributed by atoms with E-state index < -0.39 is 0 Å². The number of carbonyl (C=O) groups excluding carboxylic acids is 1. The molecule has 1 amide bonds. The molecule has 0 bridgehead atoms. The second kappa shape index (κ2) is 9.42. The first-order chi connectivity index (χ1) is 17.1. The Hall–Kier alpha value is -3.25. The van der Waals surface area contributed by atoms with Crippen molar-refractivity contribution in [1.82, 2.24) is 19.8 Å². The highest BCUT2D eigenvalue weighted by Crippen LogP contribution is 2.31. The van der Waals surface area contributed by atoms with Crippen LogP contribution in [-0.2, 0) is 11.3 Å². The molecule has 5 nitrogen and oxygen atoms in total. The Morgan fingerprint density at radius 1 is 1.03 bits per heavy atom. The molecule has 6 heteroatoms. The molecule has 0 radical (unpaired) electrons. The van der Waals surface area contributed by atoms with Crippen molar-refractivity contribution in [1.29, 1.82) is 0 Å². The molecule has 2 fully saturated rings. The van der Waals surface area contributed by atoms with Crippen LogP contribution in [0.3, 0.4) is 0 Å². The number of fused-ring (bicyclic) bond motifs is 2. The molecule has 1 aliphatic heterocycles. The van der Waals surface area contributed by atoms with Gasteiger partial charge >= 0.3 is 0 Å². The molecule has 1 aliphatic carbocycles. The first-order valence-corrected chi connectivity index (χ1v) is 12.8. The van der Waals surface area contributed by atoms with Crippen LogP contribution in [0.4, 0.5) is 4.39 Å². The molecule has 0 atom stereocenters. The van der Waals surface area contributed by atoms with Gasteiger partial charge in [-0.2, -0.15) is 0 Å². The minimum Gasteiger partial charge on any atom is -0.343 e. The van der Waals surface area contributed by atoms with Crippen molar-refractivity contribution in [3.63, 3.8) is 0 Å². The standard InChI is InChI=1S/C29H31FN4O/c30-23-8-11-26-27(18-23)32-29(31-26)21-12-15-33(16-13-21)28(35)14-17-34(24-9-10-24)19-22-6-3-5-20-4-1-2-7-25(20)22/h1-8,11,18,21,24H,9-10,12-17,19H2,(H,31,32). The van der Waals surface area contributed by atoms with Crippen LogP contribution in [0.25, 0.3) is 21.8 Å². The van der Waals surface area contributed by atoms with Crippen LogP contribution in [0, 0.1) is 5.82 Å². The van der Waals surface area contributed by atoms with Crippen molar-refractivity contribution in [2.75, 3.05) is 19.6 Å². The quantitative estimate of drug-likeness (QED) is 0.382. The fourth-order valence-corrected chi connectivity index (χ4v) is 5.47. The number of piperidine rings is 1. The minimum absolute atomic E-state index is 0.249. The summed E-state index contributed by atoms with van der Waals surface area (Å²) in [6, 6.07) is 20.3. The molecule has 0 spiro atoms. The molecule has 35 heavy (non-hydrogen) atoms. The highest BCUT2D eigenvalue weighted by molar-refractivity contribution is 5.85. The van der Waals surface area contributed by atoms with Gasteiger partial charge in [0.15, 0.2) is 0 Å². The number of H-pyrrole nitrogens is 1. The summed E-state index contributed by atoms with van der Waals surface area (Å²) in [5.41, 5.74) is 2.88. The van der Waals surface area contributed by atoms with Crippen molar-refractivity contribution >= 4 is 27.7 Å². The third-order valence-corrected chi connectivity index (χ3v) is 7.63. The van der Waals surface area contributed by atoms with Crippen molar-refractivity contribution in [3.05, 3.63) is 77.9 Å². The van der Waals surface area contributed by atoms with E-state index in [4.69, 9.17) is 0 Å². The third kappa shape index (κ3) is 4.80. The minimum atomic E-state index is -0.256. The zero-order valence-corrected chi connectivity index (χ0v) is 19.9. The molecule has 1 saturated heterocycles. The number of aromatic nitrogens is 2. The maximum atomic E-state index is 13.5. The number of halogens is 1. The highest BCUT2D eigenvalue weighted by Gasteiger charge is 2.31. The Morgan fingerprint density at radius 3 is 2.66 bits per heavy atom. The number of carbonyl (C=O) groups is 1. The number of amides is 1. The summed E-state index contributed by atoms with van der Waals surface area (Å²) in [7, 11) is 0. The summed E-state index contributed by atoms with van der Waals surface area (Å²) in [6.07, 6.45) is 4.79.